The summed E-state index contributed by atoms with van der Waals surface area (Å²) in [5.41, 5.74) is 2.56. The van der Waals surface area contributed by atoms with Gasteiger partial charge < -0.3 is 5.32 Å². The standard InChI is InChI=1S/C16H25NO/c1-11(2)15-8-6-14(7-9-15)10-16(13(5)18)17-12(3)4/h6-9,11-12,16-17H,10H2,1-5H3. The second kappa shape index (κ2) is 6.69. The van der Waals surface area contributed by atoms with Crippen LogP contribution in [0.15, 0.2) is 24.3 Å². The smallest absolute Gasteiger partial charge is 0.147 e. The Hall–Kier alpha value is -1.15. The first kappa shape index (κ1) is 14.9. The summed E-state index contributed by atoms with van der Waals surface area (Å²) in [6, 6.07) is 8.84. The van der Waals surface area contributed by atoms with Crippen molar-refractivity contribution in [2.45, 2.75) is 59.0 Å². The van der Waals surface area contributed by atoms with Crippen molar-refractivity contribution in [3.8, 4) is 0 Å². The van der Waals surface area contributed by atoms with Gasteiger partial charge in [-0.1, -0.05) is 52.0 Å². The van der Waals surface area contributed by atoms with Crippen LogP contribution in [0, 0.1) is 0 Å². The molecule has 0 radical (unpaired) electrons. The van der Waals surface area contributed by atoms with E-state index >= 15 is 0 Å². The number of carbonyl (C=O) groups is 1. The molecule has 0 spiro atoms. The van der Waals surface area contributed by atoms with Crippen molar-refractivity contribution in [3.05, 3.63) is 35.4 Å². The normalized spacial score (nSPS) is 13.1. The first-order chi connectivity index (χ1) is 8.40. The Balaban J connectivity index is 2.72. The molecule has 1 aromatic rings. The fourth-order valence-electron chi connectivity index (χ4n) is 2.00. The summed E-state index contributed by atoms with van der Waals surface area (Å²) in [7, 11) is 0. The average molecular weight is 247 g/mol. The van der Waals surface area contributed by atoms with E-state index < -0.39 is 0 Å². The number of carbonyl (C=O) groups excluding carboxylic acids is 1. The van der Waals surface area contributed by atoms with E-state index in [1.807, 2.05) is 0 Å². The van der Waals surface area contributed by atoms with Gasteiger partial charge in [-0.05, 0) is 30.4 Å². The molecule has 100 valence electrons. The van der Waals surface area contributed by atoms with E-state index in [0.29, 0.717) is 12.0 Å². The summed E-state index contributed by atoms with van der Waals surface area (Å²) >= 11 is 0. The van der Waals surface area contributed by atoms with Crippen molar-refractivity contribution in [1.82, 2.24) is 5.32 Å². The van der Waals surface area contributed by atoms with Crippen LogP contribution in [0.25, 0.3) is 0 Å². The van der Waals surface area contributed by atoms with Crippen LogP contribution in [0.5, 0.6) is 0 Å². The van der Waals surface area contributed by atoms with Crippen LogP contribution >= 0.6 is 0 Å². The van der Waals surface area contributed by atoms with Crippen LogP contribution in [0.2, 0.25) is 0 Å². The molecule has 2 nitrogen and oxygen atoms in total. The van der Waals surface area contributed by atoms with E-state index in [-0.39, 0.29) is 11.8 Å². The van der Waals surface area contributed by atoms with Crippen LogP contribution < -0.4 is 5.32 Å². The molecule has 18 heavy (non-hydrogen) atoms. The van der Waals surface area contributed by atoms with E-state index in [4.69, 9.17) is 0 Å². The SMILES string of the molecule is CC(=O)C(Cc1ccc(C(C)C)cc1)NC(C)C. The van der Waals surface area contributed by atoms with Gasteiger partial charge in [0, 0.05) is 6.04 Å². The first-order valence-electron chi connectivity index (χ1n) is 6.75. The van der Waals surface area contributed by atoms with Crippen LogP contribution in [0.1, 0.15) is 51.7 Å². The summed E-state index contributed by atoms with van der Waals surface area (Å²) in [4.78, 5) is 11.6. The van der Waals surface area contributed by atoms with Crippen LogP contribution in [0.3, 0.4) is 0 Å². The van der Waals surface area contributed by atoms with Crippen molar-refractivity contribution < 1.29 is 4.79 Å². The van der Waals surface area contributed by atoms with Gasteiger partial charge in [0.15, 0.2) is 0 Å². The molecule has 0 bridgehead atoms. The molecule has 0 aliphatic carbocycles. The van der Waals surface area contributed by atoms with Gasteiger partial charge in [0.25, 0.3) is 0 Å². The van der Waals surface area contributed by atoms with Crippen LogP contribution in [0.4, 0.5) is 0 Å². The zero-order chi connectivity index (χ0) is 13.7. The predicted molar refractivity (Wildman–Crippen MR) is 77.0 cm³/mol. The Kier molecular flexibility index (Phi) is 5.54. The van der Waals surface area contributed by atoms with Crippen molar-refractivity contribution in [1.29, 1.82) is 0 Å². The maximum atomic E-state index is 11.6. The molecule has 0 heterocycles. The highest BCUT2D eigenvalue weighted by Crippen LogP contribution is 2.15. The molecule has 0 aliphatic heterocycles. The summed E-state index contributed by atoms with van der Waals surface area (Å²) in [5, 5.41) is 3.32. The first-order valence-corrected chi connectivity index (χ1v) is 6.75. The third-order valence-corrected chi connectivity index (χ3v) is 3.11. The molecular weight excluding hydrogens is 222 g/mol. The average Bonchev–Trinajstić information content (AvgIpc) is 2.28. The van der Waals surface area contributed by atoms with Gasteiger partial charge in [-0.2, -0.15) is 0 Å². The third-order valence-electron chi connectivity index (χ3n) is 3.11. The number of ketones is 1. The third kappa shape index (κ3) is 4.61. The van der Waals surface area contributed by atoms with Crippen molar-refractivity contribution >= 4 is 5.78 Å². The summed E-state index contributed by atoms with van der Waals surface area (Å²) in [6.45, 7) is 10.2. The van der Waals surface area contributed by atoms with E-state index in [2.05, 4.69) is 57.3 Å². The van der Waals surface area contributed by atoms with Gasteiger partial charge in [-0.15, -0.1) is 0 Å². The summed E-state index contributed by atoms with van der Waals surface area (Å²) in [6.07, 6.45) is 0.770. The van der Waals surface area contributed by atoms with Crippen molar-refractivity contribution in [2.24, 2.45) is 0 Å². The molecule has 1 aromatic carbocycles. The Morgan fingerprint density at radius 1 is 1.11 bits per heavy atom. The monoisotopic (exact) mass is 247 g/mol. The minimum Gasteiger partial charge on any atom is -0.305 e. The molecular formula is C16H25NO. The van der Waals surface area contributed by atoms with Gasteiger partial charge in [-0.25, -0.2) is 0 Å². The zero-order valence-corrected chi connectivity index (χ0v) is 12.2. The van der Waals surface area contributed by atoms with Crippen LogP contribution in [-0.4, -0.2) is 17.9 Å². The molecule has 0 aromatic heterocycles. The number of nitrogens with one attached hydrogen (secondary N) is 1. The molecule has 0 aliphatic rings. The van der Waals surface area contributed by atoms with E-state index in [9.17, 15) is 4.79 Å². The highest BCUT2D eigenvalue weighted by molar-refractivity contribution is 5.81. The fourth-order valence-corrected chi connectivity index (χ4v) is 2.00. The fraction of sp³-hybridized carbons (Fsp3) is 0.562. The molecule has 1 rings (SSSR count). The Morgan fingerprint density at radius 2 is 1.67 bits per heavy atom. The topological polar surface area (TPSA) is 29.1 Å². The molecule has 2 heteroatoms. The highest BCUT2D eigenvalue weighted by Gasteiger charge is 2.15. The number of Topliss-reactive ketones (excluding diaryl/α,β-unsaturated/α-hetero) is 1. The number of rotatable bonds is 6. The Bertz CT molecular complexity index is 379. The second-order valence-corrected chi connectivity index (χ2v) is 5.59. The number of hydrogen-bond acceptors (Lipinski definition) is 2. The van der Waals surface area contributed by atoms with Gasteiger partial charge in [-0.3, -0.25) is 4.79 Å². The van der Waals surface area contributed by atoms with Crippen molar-refractivity contribution in [3.63, 3.8) is 0 Å². The molecule has 0 saturated heterocycles. The van der Waals surface area contributed by atoms with Crippen LogP contribution in [-0.2, 0) is 11.2 Å². The largest absolute Gasteiger partial charge is 0.305 e. The lowest BCUT2D eigenvalue weighted by Gasteiger charge is -2.19. The molecule has 1 unspecified atom stereocenters. The molecule has 0 saturated carbocycles. The predicted octanol–water partition coefficient (Wildman–Crippen LogP) is 3.31. The summed E-state index contributed by atoms with van der Waals surface area (Å²) < 4.78 is 0. The van der Waals surface area contributed by atoms with E-state index in [1.165, 1.54) is 11.1 Å². The molecule has 0 fully saturated rings. The minimum atomic E-state index is -0.0742. The quantitative estimate of drug-likeness (QED) is 0.835. The van der Waals surface area contributed by atoms with Gasteiger partial charge in [0.05, 0.1) is 6.04 Å². The van der Waals surface area contributed by atoms with Gasteiger partial charge in [0.2, 0.25) is 0 Å². The Morgan fingerprint density at radius 3 is 2.06 bits per heavy atom. The lowest BCUT2D eigenvalue weighted by Crippen LogP contribution is -2.41. The van der Waals surface area contributed by atoms with Gasteiger partial charge in [0.1, 0.15) is 5.78 Å². The maximum absolute atomic E-state index is 11.6. The Labute approximate surface area is 111 Å². The number of benzene rings is 1. The molecule has 1 atom stereocenters. The van der Waals surface area contributed by atoms with Gasteiger partial charge >= 0.3 is 0 Å². The zero-order valence-electron chi connectivity index (χ0n) is 12.2. The molecule has 1 N–H and O–H groups in total. The highest BCUT2D eigenvalue weighted by atomic mass is 16.1. The molecule has 0 amide bonds. The van der Waals surface area contributed by atoms with E-state index in [0.717, 1.165) is 6.42 Å². The lowest BCUT2D eigenvalue weighted by molar-refractivity contribution is -0.119. The van der Waals surface area contributed by atoms with E-state index in [1.54, 1.807) is 6.92 Å². The van der Waals surface area contributed by atoms with Crippen molar-refractivity contribution in [2.75, 3.05) is 0 Å². The lowest BCUT2D eigenvalue weighted by atomic mass is 9.98. The number of hydrogen-bond donors (Lipinski definition) is 1. The minimum absolute atomic E-state index is 0.0742. The second-order valence-electron chi connectivity index (χ2n) is 5.59. The summed E-state index contributed by atoms with van der Waals surface area (Å²) in [5.74, 6) is 0.757. The maximum Gasteiger partial charge on any atom is 0.147 e.